The van der Waals surface area contributed by atoms with E-state index in [2.05, 4.69) is 25.7 Å². The van der Waals surface area contributed by atoms with E-state index < -0.39 is 0 Å². The van der Waals surface area contributed by atoms with Crippen LogP contribution in [0.25, 0.3) is 0 Å². The number of likely N-dealkylation sites (tertiary alicyclic amines) is 1. The average molecular weight is 184 g/mol. The highest BCUT2D eigenvalue weighted by molar-refractivity contribution is 4.96. The second kappa shape index (κ2) is 2.94. The molecule has 0 unspecified atom stereocenters. The fourth-order valence-electron chi connectivity index (χ4n) is 2.24. The zero-order valence-corrected chi connectivity index (χ0v) is 8.79. The number of rotatable bonds is 0. The van der Waals surface area contributed by atoms with Crippen LogP contribution in [0.2, 0.25) is 0 Å². The standard InChI is InChI=1S/C10H20N2O/c1-10(2,3)12-5-7-4-8(11)9(6-12)13-7/h7-9H,4-6,11H2,1-3H3/t7-,8+,9-/m1/s1. The average Bonchev–Trinajstić information content (AvgIpc) is 2.24. The lowest BCUT2D eigenvalue weighted by Crippen LogP contribution is -2.53. The molecule has 3 heteroatoms. The van der Waals surface area contributed by atoms with E-state index in [9.17, 15) is 0 Å². The van der Waals surface area contributed by atoms with E-state index in [1.165, 1.54) is 0 Å². The smallest absolute Gasteiger partial charge is 0.0858 e. The number of nitrogens with two attached hydrogens (primary N) is 1. The SMILES string of the molecule is CC(C)(C)N1C[C@H]2C[C@H](N)[C@@H](C1)O2. The van der Waals surface area contributed by atoms with Gasteiger partial charge in [0.05, 0.1) is 12.2 Å². The number of hydrogen-bond donors (Lipinski definition) is 1. The van der Waals surface area contributed by atoms with Crippen molar-refractivity contribution in [1.82, 2.24) is 4.90 Å². The Morgan fingerprint density at radius 1 is 1.31 bits per heavy atom. The first-order valence-corrected chi connectivity index (χ1v) is 5.13. The molecule has 2 fully saturated rings. The second-order valence-electron chi connectivity index (χ2n) is 5.27. The molecule has 76 valence electrons. The van der Waals surface area contributed by atoms with Crippen molar-refractivity contribution in [3.63, 3.8) is 0 Å². The maximum Gasteiger partial charge on any atom is 0.0858 e. The van der Waals surface area contributed by atoms with E-state index >= 15 is 0 Å². The van der Waals surface area contributed by atoms with Crippen molar-refractivity contribution in [2.75, 3.05) is 13.1 Å². The van der Waals surface area contributed by atoms with Gasteiger partial charge in [-0.3, -0.25) is 4.90 Å². The molecule has 2 aliphatic rings. The molecule has 0 aromatic heterocycles. The van der Waals surface area contributed by atoms with Gasteiger partial charge in [-0.2, -0.15) is 0 Å². The normalized spacial score (nSPS) is 41.1. The molecule has 2 aliphatic heterocycles. The van der Waals surface area contributed by atoms with Crippen LogP contribution in [0.4, 0.5) is 0 Å². The lowest BCUT2D eigenvalue weighted by molar-refractivity contribution is -0.0688. The molecule has 2 bridgehead atoms. The maximum absolute atomic E-state index is 5.97. The van der Waals surface area contributed by atoms with Crippen molar-refractivity contribution in [1.29, 1.82) is 0 Å². The lowest BCUT2D eigenvalue weighted by atomic mass is 10.0. The lowest BCUT2D eigenvalue weighted by Gasteiger charge is -2.41. The summed E-state index contributed by atoms with van der Waals surface area (Å²) in [6.45, 7) is 8.81. The minimum absolute atomic E-state index is 0.254. The van der Waals surface area contributed by atoms with E-state index in [0.717, 1.165) is 19.5 Å². The van der Waals surface area contributed by atoms with Crippen LogP contribution >= 0.6 is 0 Å². The second-order valence-corrected chi connectivity index (χ2v) is 5.27. The van der Waals surface area contributed by atoms with Crippen LogP contribution in [-0.4, -0.2) is 41.8 Å². The quantitative estimate of drug-likeness (QED) is 0.598. The molecule has 0 aliphatic carbocycles. The Morgan fingerprint density at radius 2 is 2.00 bits per heavy atom. The monoisotopic (exact) mass is 184 g/mol. The Balaban J connectivity index is 2.05. The van der Waals surface area contributed by atoms with Gasteiger partial charge in [-0.1, -0.05) is 0 Å². The molecular weight excluding hydrogens is 164 g/mol. The molecule has 0 amide bonds. The molecule has 2 heterocycles. The zero-order valence-electron chi connectivity index (χ0n) is 8.79. The van der Waals surface area contributed by atoms with Crippen molar-refractivity contribution < 1.29 is 4.74 Å². The summed E-state index contributed by atoms with van der Waals surface area (Å²) in [6, 6.07) is 0.261. The molecule has 13 heavy (non-hydrogen) atoms. The van der Waals surface area contributed by atoms with E-state index in [1.54, 1.807) is 0 Å². The Labute approximate surface area is 80.2 Å². The van der Waals surface area contributed by atoms with E-state index in [0.29, 0.717) is 6.10 Å². The number of morpholine rings is 1. The molecule has 2 N–H and O–H groups in total. The van der Waals surface area contributed by atoms with Crippen molar-refractivity contribution in [3.05, 3.63) is 0 Å². The highest BCUT2D eigenvalue weighted by Crippen LogP contribution is 2.29. The van der Waals surface area contributed by atoms with Crippen LogP contribution in [0.3, 0.4) is 0 Å². The van der Waals surface area contributed by atoms with Gasteiger partial charge < -0.3 is 10.5 Å². The molecular formula is C10H20N2O. The van der Waals surface area contributed by atoms with Gasteiger partial charge in [-0.05, 0) is 27.2 Å². The predicted octanol–water partition coefficient (Wildman–Crippen LogP) is 0.585. The summed E-state index contributed by atoms with van der Waals surface area (Å²) in [6.07, 6.45) is 1.70. The topological polar surface area (TPSA) is 38.5 Å². The Kier molecular flexibility index (Phi) is 2.13. The fourth-order valence-corrected chi connectivity index (χ4v) is 2.24. The van der Waals surface area contributed by atoms with Crippen molar-refractivity contribution in [2.24, 2.45) is 5.73 Å². The van der Waals surface area contributed by atoms with E-state index in [-0.39, 0.29) is 17.7 Å². The van der Waals surface area contributed by atoms with Crippen LogP contribution in [0.15, 0.2) is 0 Å². The van der Waals surface area contributed by atoms with Crippen LogP contribution < -0.4 is 5.73 Å². The molecule has 2 saturated heterocycles. The van der Waals surface area contributed by atoms with Gasteiger partial charge in [-0.15, -0.1) is 0 Å². The summed E-state index contributed by atoms with van der Waals surface area (Å²) in [5.74, 6) is 0. The third kappa shape index (κ3) is 1.73. The first-order chi connectivity index (χ1) is 5.97. The molecule has 3 nitrogen and oxygen atoms in total. The van der Waals surface area contributed by atoms with E-state index in [1.807, 2.05) is 0 Å². The molecule has 0 aromatic rings. The van der Waals surface area contributed by atoms with Gasteiger partial charge >= 0.3 is 0 Å². The largest absolute Gasteiger partial charge is 0.371 e. The predicted molar refractivity (Wildman–Crippen MR) is 52.6 cm³/mol. The van der Waals surface area contributed by atoms with Crippen LogP contribution in [0, 0.1) is 0 Å². The minimum atomic E-state index is 0.254. The van der Waals surface area contributed by atoms with Gasteiger partial charge in [0.25, 0.3) is 0 Å². The minimum Gasteiger partial charge on any atom is -0.371 e. The molecule has 0 spiro atoms. The van der Waals surface area contributed by atoms with Gasteiger partial charge in [0.2, 0.25) is 0 Å². The first-order valence-electron chi connectivity index (χ1n) is 5.13. The highest BCUT2D eigenvalue weighted by atomic mass is 16.5. The van der Waals surface area contributed by atoms with Gasteiger partial charge in [0.1, 0.15) is 0 Å². The molecule has 2 rings (SSSR count). The van der Waals surface area contributed by atoms with E-state index in [4.69, 9.17) is 10.5 Å². The number of fused-ring (bicyclic) bond motifs is 2. The van der Waals surface area contributed by atoms with Crippen molar-refractivity contribution >= 4 is 0 Å². The molecule has 3 atom stereocenters. The number of ether oxygens (including phenoxy) is 1. The van der Waals surface area contributed by atoms with Crippen molar-refractivity contribution in [2.45, 2.75) is 51.0 Å². The third-order valence-corrected chi connectivity index (χ3v) is 3.15. The maximum atomic E-state index is 5.97. The Hall–Kier alpha value is -0.120. The van der Waals surface area contributed by atoms with Crippen LogP contribution in [0.1, 0.15) is 27.2 Å². The fraction of sp³-hybridized carbons (Fsp3) is 1.00. The summed E-state index contributed by atoms with van der Waals surface area (Å²) in [5, 5.41) is 0. The molecule has 0 radical (unpaired) electrons. The third-order valence-electron chi connectivity index (χ3n) is 3.15. The summed E-state index contributed by atoms with van der Waals surface area (Å²) in [7, 11) is 0. The summed E-state index contributed by atoms with van der Waals surface area (Å²) < 4.78 is 5.77. The summed E-state index contributed by atoms with van der Waals surface area (Å²) in [5.41, 5.74) is 6.23. The van der Waals surface area contributed by atoms with Gasteiger partial charge in [0.15, 0.2) is 0 Å². The van der Waals surface area contributed by atoms with Gasteiger partial charge in [0, 0.05) is 24.7 Å². The zero-order chi connectivity index (χ0) is 9.64. The molecule has 0 saturated carbocycles. The Morgan fingerprint density at radius 3 is 2.54 bits per heavy atom. The molecule has 0 aromatic carbocycles. The summed E-state index contributed by atoms with van der Waals surface area (Å²) in [4.78, 5) is 2.48. The van der Waals surface area contributed by atoms with Crippen LogP contribution in [0.5, 0.6) is 0 Å². The van der Waals surface area contributed by atoms with Gasteiger partial charge in [-0.25, -0.2) is 0 Å². The summed E-state index contributed by atoms with van der Waals surface area (Å²) >= 11 is 0. The number of hydrogen-bond acceptors (Lipinski definition) is 3. The van der Waals surface area contributed by atoms with Crippen molar-refractivity contribution in [3.8, 4) is 0 Å². The van der Waals surface area contributed by atoms with Crippen LogP contribution in [-0.2, 0) is 4.74 Å². The Bertz CT molecular complexity index is 198. The number of nitrogens with zero attached hydrogens (tertiary/aromatic N) is 1. The highest BCUT2D eigenvalue weighted by Gasteiger charge is 2.41. The first kappa shape index (κ1) is 9.44.